The van der Waals surface area contributed by atoms with Crippen LogP contribution in [0.15, 0.2) is 24.3 Å². The highest BCUT2D eigenvalue weighted by Crippen LogP contribution is 2.41. The lowest BCUT2D eigenvalue weighted by atomic mass is 9.72. The molecule has 2 aliphatic rings. The van der Waals surface area contributed by atoms with Gasteiger partial charge in [-0.05, 0) is 24.3 Å². The summed E-state index contributed by atoms with van der Waals surface area (Å²) in [4.78, 5) is 16.4. The molecule has 0 aromatic heterocycles. The molecule has 3 atom stereocenters. The minimum Gasteiger partial charge on any atom is -0.400 e. The van der Waals surface area contributed by atoms with Gasteiger partial charge in [-0.2, -0.15) is 0 Å². The van der Waals surface area contributed by atoms with Gasteiger partial charge in [0.2, 0.25) is 5.71 Å². The average molecular weight is 290 g/mol. The lowest BCUT2D eigenvalue weighted by molar-refractivity contribution is -0.762. The molecule has 0 radical (unpaired) electrons. The van der Waals surface area contributed by atoms with Crippen molar-refractivity contribution < 1.29 is 14.7 Å². The Morgan fingerprint density at radius 3 is 2.57 bits per heavy atom. The third-order valence-corrected chi connectivity index (χ3v) is 4.61. The Kier molecular flexibility index (Phi) is 3.53. The van der Waals surface area contributed by atoms with Crippen LogP contribution in [0.1, 0.15) is 44.1 Å². The molecule has 1 aliphatic carbocycles. The molecule has 21 heavy (non-hydrogen) atoms. The van der Waals surface area contributed by atoms with Crippen LogP contribution in [0, 0.1) is 21.2 Å². The van der Waals surface area contributed by atoms with Crippen LogP contribution in [-0.2, 0) is 4.84 Å². The number of nitro groups is 1. The van der Waals surface area contributed by atoms with E-state index < -0.39 is 4.92 Å². The normalized spacial score (nSPS) is 28.7. The fourth-order valence-electron chi connectivity index (χ4n) is 3.56. The molecule has 6 nitrogen and oxygen atoms in total. The molecule has 112 valence electrons. The van der Waals surface area contributed by atoms with E-state index in [1.54, 1.807) is 19.1 Å². The summed E-state index contributed by atoms with van der Waals surface area (Å²) in [5, 5.41) is 22.7. The summed E-state index contributed by atoms with van der Waals surface area (Å²) in [5.41, 5.74) is 1.66. The Morgan fingerprint density at radius 2 is 1.90 bits per heavy atom. The number of rotatable bonds is 2. The van der Waals surface area contributed by atoms with Gasteiger partial charge in [0.15, 0.2) is 0 Å². The summed E-state index contributed by atoms with van der Waals surface area (Å²) < 4.78 is 0. The maximum atomic E-state index is 12.0. The molecule has 0 amide bonds. The van der Waals surface area contributed by atoms with Crippen molar-refractivity contribution in [2.45, 2.75) is 44.6 Å². The summed E-state index contributed by atoms with van der Waals surface area (Å²) >= 11 is 0. The van der Waals surface area contributed by atoms with Gasteiger partial charge in [0, 0.05) is 24.0 Å². The van der Waals surface area contributed by atoms with E-state index in [4.69, 9.17) is 4.84 Å². The van der Waals surface area contributed by atoms with Gasteiger partial charge in [-0.15, -0.1) is 0 Å². The first-order chi connectivity index (χ1) is 10.1. The Hall–Kier alpha value is -2.11. The fourth-order valence-corrected chi connectivity index (χ4v) is 3.56. The first-order valence-electron chi connectivity index (χ1n) is 7.30. The van der Waals surface area contributed by atoms with E-state index >= 15 is 0 Å². The zero-order chi connectivity index (χ0) is 15.0. The molecule has 1 saturated carbocycles. The molecule has 0 spiro atoms. The second-order valence-corrected chi connectivity index (χ2v) is 5.82. The van der Waals surface area contributed by atoms with Crippen molar-refractivity contribution in [3.05, 3.63) is 45.2 Å². The Bertz CT molecular complexity index is 582. The van der Waals surface area contributed by atoms with Gasteiger partial charge >= 0.3 is 0 Å². The molecule has 1 fully saturated rings. The quantitative estimate of drug-likeness (QED) is 0.476. The van der Waals surface area contributed by atoms with E-state index in [0.717, 1.165) is 31.2 Å². The zero-order valence-electron chi connectivity index (χ0n) is 11.9. The summed E-state index contributed by atoms with van der Waals surface area (Å²) in [6, 6.07) is 6.53. The average Bonchev–Trinajstić information content (AvgIpc) is 2.49. The second-order valence-electron chi connectivity index (χ2n) is 5.82. The third kappa shape index (κ3) is 2.46. The molecular formula is C15H18N2O4. The van der Waals surface area contributed by atoms with Gasteiger partial charge in [-0.3, -0.25) is 15.3 Å². The van der Waals surface area contributed by atoms with E-state index in [1.807, 2.05) is 0 Å². The van der Waals surface area contributed by atoms with E-state index in [-0.39, 0.29) is 23.6 Å². The number of benzene rings is 1. The van der Waals surface area contributed by atoms with Gasteiger partial charge in [0.25, 0.3) is 5.69 Å². The fraction of sp³-hybridized carbons (Fsp3) is 0.533. The van der Waals surface area contributed by atoms with Crippen LogP contribution in [0.2, 0.25) is 0 Å². The molecule has 0 unspecified atom stereocenters. The topological polar surface area (TPSA) is 78.4 Å². The van der Waals surface area contributed by atoms with Crippen LogP contribution in [0.25, 0.3) is 0 Å². The molecule has 0 N–H and O–H groups in total. The van der Waals surface area contributed by atoms with E-state index in [9.17, 15) is 15.3 Å². The molecule has 3 rings (SSSR count). The zero-order valence-corrected chi connectivity index (χ0v) is 11.9. The Morgan fingerprint density at radius 1 is 1.24 bits per heavy atom. The van der Waals surface area contributed by atoms with Crippen LogP contribution >= 0.6 is 0 Å². The van der Waals surface area contributed by atoms with Gasteiger partial charge in [-0.1, -0.05) is 25.0 Å². The minimum absolute atomic E-state index is 0.0117. The molecule has 1 aromatic carbocycles. The number of fused-ring (bicyclic) bond motifs is 1. The van der Waals surface area contributed by atoms with Gasteiger partial charge in [0.05, 0.1) is 16.9 Å². The van der Waals surface area contributed by atoms with Crippen molar-refractivity contribution in [1.29, 1.82) is 0 Å². The highest BCUT2D eigenvalue weighted by Gasteiger charge is 2.42. The number of non-ortho nitro benzene ring substituents is 1. The predicted octanol–water partition coefficient (Wildman–Crippen LogP) is 3.15. The van der Waals surface area contributed by atoms with Crippen LogP contribution in [-0.4, -0.2) is 21.6 Å². The van der Waals surface area contributed by atoms with Crippen molar-refractivity contribution in [1.82, 2.24) is 0 Å². The monoisotopic (exact) mass is 290 g/mol. The summed E-state index contributed by atoms with van der Waals surface area (Å²) in [6.07, 6.45) is 4.11. The molecule has 0 bridgehead atoms. The SMILES string of the molecule is CC1=[N+]([O-])O[C@H]2CCCC[C@H]2[C@@H]1c1ccc([N+](=O)[O-])cc1. The lowest BCUT2D eigenvalue weighted by Crippen LogP contribution is -2.43. The first-order valence-corrected chi connectivity index (χ1v) is 7.30. The van der Waals surface area contributed by atoms with Crippen molar-refractivity contribution in [2.75, 3.05) is 0 Å². The molecule has 1 heterocycles. The maximum Gasteiger partial charge on any atom is 0.269 e. The third-order valence-electron chi connectivity index (χ3n) is 4.61. The van der Waals surface area contributed by atoms with Gasteiger partial charge < -0.3 is 4.84 Å². The molecule has 1 aliphatic heterocycles. The van der Waals surface area contributed by atoms with Crippen molar-refractivity contribution in [3.8, 4) is 0 Å². The summed E-state index contributed by atoms with van der Waals surface area (Å²) in [6.45, 7) is 1.78. The lowest BCUT2D eigenvalue weighted by Gasteiger charge is -2.40. The smallest absolute Gasteiger partial charge is 0.269 e. The highest BCUT2D eigenvalue weighted by molar-refractivity contribution is 5.85. The summed E-state index contributed by atoms with van der Waals surface area (Å²) in [5.74, 6) is 0.271. The van der Waals surface area contributed by atoms with Crippen molar-refractivity contribution >= 4 is 11.4 Å². The number of hydrogen-bond donors (Lipinski definition) is 0. The van der Waals surface area contributed by atoms with Gasteiger partial charge in [-0.25, -0.2) is 0 Å². The molecule has 6 heteroatoms. The minimum atomic E-state index is -0.409. The number of nitro benzene ring substituents is 1. The summed E-state index contributed by atoms with van der Waals surface area (Å²) in [7, 11) is 0. The second kappa shape index (κ2) is 5.35. The highest BCUT2D eigenvalue weighted by atomic mass is 16.9. The van der Waals surface area contributed by atoms with Crippen LogP contribution in [0.4, 0.5) is 5.69 Å². The molecule has 1 aromatic rings. The van der Waals surface area contributed by atoms with E-state index in [1.165, 1.54) is 12.1 Å². The number of nitrogens with zero attached hydrogens (tertiary/aromatic N) is 2. The maximum absolute atomic E-state index is 12.0. The Balaban J connectivity index is 1.97. The van der Waals surface area contributed by atoms with Gasteiger partial charge in [0.1, 0.15) is 0 Å². The van der Waals surface area contributed by atoms with E-state index in [0.29, 0.717) is 10.6 Å². The number of hydrogen-bond acceptors (Lipinski definition) is 4. The largest absolute Gasteiger partial charge is 0.400 e. The first kappa shape index (κ1) is 13.9. The van der Waals surface area contributed by atoms with Crippen LogP contribution in [0.3, 0.4) is 0 Å². The predicted molar refractivity (Wildman–Crippen MR) is 77.0 cm³/mol. The van der Waals surface area contributed by atoms with Crippen molar-refractivity contribution in [2.24, 2.45) is 5.92 Å². The molecule has 0 saturated heterocycles. The van der Waals surface area contributed by atoms with E-state index in [2.05, 4.69) is 0 Å². The Labute approximate surface area is 122 Å². The van der Waals surface area contributed by atoms with Crippen LogP contribution < -0.4 is 0 Å². The standard InChI is InChI=1S/C15H18N2O4/c1-10-15(11-6-8-12(9-7-11)16(18)19)13-4-2-3-5-14(13)21-17(10)20/h6-9,13-15H,2-5H2,1H3/t13-,14+,15+/m1/s1. The molecular weight excluding hydrogens is 272 g/mol. The van der Waals surface area contributed by atoms with Crippen LogP contribution in [0.5, 0.6) is 0 Å². The van der Waals surface area contributed by atoms with Crippen molar-refractivity contribution in [3.63, 3.8) is 0 Å².